The Bertz CT molecular complexity index is 327. The molecule has 76 valence electrons. The van der Waals surface area contributed by atoms with Crippen LogP contribution in [-0.4, -0.2) is 24.7 Å². The lowest BCUT2D eigenvalue weighted by Gasteiger charge is -2.24. The smallest absolute Gasteiger partial charge is 0.130 e. The first-order valence-corrected chi connectivity index (χ1v) is 5.15. The molecule has 1 atom stereocenters. The number of nitrogens with zero attached hydrogens (tertiary/aromatic N) is 1. The Labute approximate surface area is 92.4 Å². The summed E-state index contributed by atoms with van der Waals surface area (Å²) in [4.78, 5) is 4.00. The fourth-order valence-corrected chi connectivity index (χ4v) is 1.94. The van der Waals surface area contributed by atoms with Crippen molar-refractivity contribution in [3.63, 3.8) is 0 Å². The van der Waals surface area contributed by atoms with Crippen LogP contribution in [0.15, 0.2) is 12.3 Å². The summed E-state index contributed by atoms with van der Waals surface area (Å²) in [6, 6.07) is 1.77. The van der Waals surface area contributed by atoms with Gasteiger partial charge in [-0.3, -0.25) is 0 Å². The molecule has 0 saturated carbocycles. The molecule has 1 saturated heterocycles. The van der Waals surface area contributed by atoms with Gasteiger partial charge >= 0.3 is 0 Å². The van der Waals surface area contributed by atoms with E-state index in [9.17, 15) is 0 Å². The molecule has 2 heterocycles. The van der Waals surface area contributed by atoms with Gasteiger partial charge in [0.1, 0.15) is 5.15 Å². The third-order valence-electron chi connectivity index (χ3n) is 2.15. The minimum absolute atomic E-state index is 0.126. The SMILES string of the molecule is Clc1cc(Cl)c([C@H]2COCCN2)cn1. The second-order valence-corrected chi connectivity index (χ2v) is 3.90. The quantitative estimate of drug-likeness (QED) is 0.754. The Hall–Kier alpha value is -0.350. The summed E-state index contributed by atoms with van der Waals surface area (Å²) >= 11 is 11.8. The van der Waals surface area contributed by atoms with E-state index >= 15 is 0 Å². The molecule has 1 N–H and O–H groups in total. The summed E-state index contributed by atoms with van der Waals surface area (Å²) in [5.74, 6) is 0. The first kappa shape index (κ1) is 10.2. The molecule has 1 aliphatic heterocycles. The van der Waals surface area contributed by atoms with Crippen molar-refractivity contribution in [3.8, 4) is 0 Å². The van der Waals surface area contributed by atoms with Gasteiger partial charge in [0.25, 0.3) is 0 Å². The molecule has 0 radical (unpaired) electrons. The molecule has 1 aromatic rings. The minimum Gasteiger partial charge on any atom is -0.378 e. The molecule has 0 aliphatic carbocycles. The van der Waals surface area contributed by atoms with Crippen molar-refractivity contribution in [1.29, 1.82) is 0 Å². The van der Waals surface area contributed by atoms with Crippen LogP contribution in [0.25, 0.3) is 0 Å². The lowest BCUT2D eigenvalue weighted by molar-refractivity contribution is 0.0768. The number of nitrogens with one attached hydrogen (secondary N) is 1. The Morgan fingerprint density at radius 3 is 3.00 bits per heavy atom. The van der Waals surface area contributed by atoms with Crippen molar-refractivity contribution in [2.24, 2.45) is 0 Å². The molecule has 0 unspecified atom stereocenters. The van der Waals surface area contributed by atoms with Gasteiger partial charge in [-0.2, -0.15) is 0 Å². The van der Waals surface area contributed by atoms with Crippen LogP contribution >= 0.6 is 23.2 Å². The zero-order valence-electron chi connectivity index (χ0n) is 7.46. The molecule has 0 aromatic carbocycles. The second-order valence-electron chi connectivity index (χ2n) is 3.11. The largest absolute Gasteiger partial charge is 0.378 e. The Morgan fingerprint density at radius 2 is 2.36 bits per heavy atom. The maximum Gasteiger partial charge on any atom is 0.130 e. The number of rotatable bonds is 1. The first-order valence-electron chi connectivity index (χ1n) is 4.39. The summed E-state index contributed by atoms with van der Waals surface area (Å²) < 4.78 is 5.34. The van der Waals surface area contributed by atoms with Crippen molar-refractivity contribution in [1.82, 2.24) is 10.3 Å². The topological polar surface area (TPSA) is 34.1 Å². The summed E-state index contributed by atoms with van der Waals surface area (Å²) in [6.45, 7) is 2.21. The number of halogens is 2. The molecule has 0 bridgehead atoms. The van der Waals surface area contributed by atoms with Gasteiger partial charge in [0.2, 0.25) is 0 Å². The van der Waals surface area contributed by atoms with Gasteiger partial charge < -0.3 is 10.1 Å². The van der Waals surface area contributed by atoms with E-state index in [0.717, 1.165) is 18.7 Å². The molecule has 3 nitrogen and oxygen atoms in total. The number of hydrogen-bond acceptors (Lipinski definition) is 3. The molecule has 1 fully saturated rings. The molecule has 14 heavy (non-hydrogen) atoms. The number of ether oxygens (including phenoxy) is 1. The van der Waals surface area contributed by atoms with E-state index < -0.39 is 0 Å². The minimum atomic E-state index is 0.126. The second kappa shape index (κ2) is 4.45. The van der Waals surface area contributed by atoms with E-state index in [2.05, 4.69) is 10.3 Å². The monoisotopic (exact) mass is 232 g/mol. The number of aromatic nitrogens is 1. The van der Waals surface area contributed by atoms with E-state index in [4.69, 9.17) is 27.9 Å². The Kier molecular flexibility index (Phi) is 3.23. The normalized spacial score (nSPS) is 22.3. The number of pyridine rings is 1. The van der Waals surface area contributed by atoms with Crippen LogP contribution in [0, 0.1) is 0 Å². The third kappa shape index (κ3) is 2.17. The van der Waals surface area contributed by atoms with Gasteiger partial charge in [-0.15, -0.1) is 0 Å². The first-order chi connectivity index (χ1) is 6.77. The fraction of sp³-hybridized carbons (Fsp3) is 0.444. The highest BCUT2D eigenvalue weighted by molar-refractivity contribution is 6.34. The highest BCUT2D eigenvalue weighted by atomic mass is 35.5. The average Bonchev–Trinajstić information content (AvgIpc) is 2.19. The molecule has 5 heteroatoms. The standard InChI is InChI=1S/C9H10Cl2N2O/c10-7-3-9(11)13-4-6(7)8-5-14-2-1-12-8/h3-4,8,12H,1-2,5H2/t8-/m1/s1. The predicted octanol–water partition coefficient (Wildman–Crippen LogP) is 2.05. The highest BCUT2D eigenvalue weighted by Crippen LogP contribution is 2.25. The third-order valence-corrected chi connectivity index (χ3v) is 2.68. The van der Waals surface area contributed by atoms with Gasteiger partial charge in [0.05, 0.1) is 24.3 Å². The van der Waals surface area contributed by atoms with Crippen LogP contribution in [0.3, 0.4) is 0 Å². The molecule has 2 rings (SSSR count). The molecule has 1 aromatic heterocycles. The number of morpholine rings is 1. The highest BCUT2D eigenvalue weighted by Gasteiger charge is 2.18. The Balaban J connectivity index is 2.22. The maximum absolute atomic E-state index is 6.04. The molecular weight excluding hydrogens is 223 g/mol. The summed E-state index contributed by atoms with van der Waals surface area (Å²) in [5, 5.41) is 4.35. The van der Waals surface area contributed by atoms with E-state index in [0.29, 0.717) is 16.8 Å². The summed E-state index contributed by atoms with van der Waals surface area (Å²) in [5.41, 5.74) is 0.941. The van der Waals surface area contributed by atoms with Gasteiger partial charge in [0, 0.05) is 18.3 Å². The lowest BCUT2D eigenvalue weighted by Crippen LogP contribution is -2.34. The zero-order valence-corrected chi connectivity index (χ0v) is 8.98. The van der Waals surface area contributed by atoms with Gasteiger partial charge in [-0.1, -0.05) is 23.2 Å². The van der Waals surface area contributed by atoms with Gasteiger partial charge in [-0.25, -0.2) is 4.98 Å². The van der Waals surface area contributed by atoms with E-state index in [1.165, 1.54) is 0 Å². The van der Waals surface area contributed by atoms with Crippen molar-refractivity contribution in [3.05, 3.63) is 28.0 Å². The lowest BCUT2D eigenvalue weighted by atomic mass is 10.1. The number of hydrogen-bond donors (Lipinski definition) is 1. The van der Waals surface area contributed by atoms with Gasteiger partial charge in [0.15, 0.2) is 0 Å². The molecular formula is C9H10Cl2N2O. The van der Waals surface area contributed by atoms with Crippen molar-refractivity contribution in [2.75, 3.05) is 19.8 Å². The summed E-state index contributed by atoms with van der Waals surface area (Å²) in [7, 11) is 0. The predicted molar refractivity (Wildman–Crippen MR) is 55.8 cm³/mol. The Morgan fingerprint density at radius 1 is 1.50 bits per heavy atom. The van der Waals surface area contributed by atoms with Crippen molar-refractivity contribution < 1.29 is 4.74 Å². The average molecular weight is 233 g/mol. The zero-order chi connectivity index (χ0) is 9.97. The van der Waals surface area contributed by atoms with Gasteiger partial charge in [-0.05, 0) is 6.07 Å². The maximum atomic E-state index is 6.04. The van der Waals surface area contributed by atoms with Crippen molar-refractivity contribution in [2.45, 2.75) is 6.04 Å². The fourth-order valence-electron chi connectivity index (χ4n) is 1.44. The van der Waals surface area contributed by atoms with E-state index in [1.54, 1.807) is 12.3 Å². The van der Waals surface area contributed by atoms with Crippen LogP contribution in [0.2, 0.25) is 10.2 Å². The van der Waals surface area contributed by atoms with Crippen LogP contribution in [-0.2, 0) is 4.74 Å². The summed E-state index contributed by atoms with van der Waals surface area (Å²) in [6.07, 6.45) is 1.69. The molecule has 0 spiro atoms. The molecule has 1 aliphatic rings. The van der Waals surface area contributed by atoms with E-state index in [1.807, 2.05) is 0 Å². The van der Waals surface area contributed by atoms with Crippen LogP contribution in [0.1, 0.15) is 11.6 Å². The van der Waals surface area contributed by atoms with Crippen LogP contribution < -0.4 is 5.32 Å². The van der Waals surface area contributed by atoms with E-state index in [-0.39, 0.29) is 6.04 Å². The molecule has 0 amide bonds. The van der Waals surface area contributed by atoms with Crippen LogP contribution in [0.4, 0.5) is 0 Å². The van der Waals surface area contributed by atoms with Crippen molar-refractivity contribution >= 4 is 23.2 Å². The van der Waals surface area contributed by atoms with Crippen LogP contribution in [0.5, 0.6) is 0 Å².